The van der Waals surface area contributed by atoms with Gasteiger partial charge in [-0.3, -0.25) is 14.8 Å². The molecule has 0 aliphatic carbocycles. The minimum atomic E-state index is -5.08. The summed E-state index contributed by atoms with van der Waals surface area (Å²) in [7, 11) is 2.32. The summed E-state index contributed by atoms with van der Waals surface area (Å²) in [6, 6.07) is 13.4. The summed E-state index contributed by atoms with van der Waals surface area (Å²) < 4.78 is 101. The maximum atomic E-state index is 10.6. The molecule has 10 nitrogen and oxygen atoms in total. The number of fused-ring (bicyclic) bond motifs is 1. The number of para-hydroxylation sites is 1. The van der Waals surface area contributed by atoms with Crippen LogP contribution in [-0.2, 0) is 25.7 Å². The zero-order valence-corrected chi connectivity index (χ0v) is 25.1. The molecule has 0 bridgehead atoms. The smallest absolute Gasteiger partial charge is 0.475 e. The molecule has 3 N–H and O–H groups in total. The molecule has 0 saturated carbocycles. The van der Waals surface area contributed by atoms with Crippen LogP contribution in [0.3, 0.4) is 0 Å². The first-order valence-electron chi connectivity index (χ1n) is 13.8. The van der Waals surface area contributed by atoms with Crippen LogP contribution >= 0.6 is 0 Å². The van der Waals surface area contributed by atoms with Gasteiger partial charge in [-0.25, -0.2) is 14.4 Å². The third-order valence-corrected chi connectivity index (χ3v) is 7.31. The molecule has 1 aromatic heterocycles. The number of hydrogen-bond donors (Lipinski definition) is 3. The van der Waals surface area contributed by atoms with E-state index in [-0.39, 0.29) is 0 Å². The van der Waals surface area contributed by atoms with Crippen LogP contribution in [-0.4, -0.2) is 111 Å². The van der Waals surface area contributed by atoms with Crippen molar-refractivity contribution in [2.75, 3.05) is 33.4 Å². The van der Waals surface area contributed by atoms with Gasteiger partial charge in [0.1, 0.15) is 0 Å². The Morgan fingerprint density at radius 1 is 0.830 bits per heavy atom. The molecule has 1 unspecified atom stereocenters. The van der Waals surface area contributed by atoms with Gasteiger partial charge < -0.3 is 20.1 Å². The normalized spacial score (nSPS) is 18.2. The monoisotopic (exact) mass is 695 g/mol. The van der Waals surface area contributed by atoms with Crippen LogP contribution in [0.2, 0.25) is 0 Å². The fraction of sp³-hybridized carbons (Fsp3) is 0.571. The summed E-state index contributed by atoms with van der Waals surface area (Å²) in [6.07, 6.45) is -10.1. The number of alkyl halides is 9. The Labute approximate surface area is 262 Å². The first-order chi connectivity index (χ1) is 21.5. The van der Waals surface area contributed by atoms with Crippen molar-refractivity contribution in [2.45, 2.75) is 69.3 Å². The molecule has 2 aliphatic heterocycles. The number of nitrogens with zero attached hydrogens (tertiary/aromatic N) is 3. The van der Waals surface area contributed by atoms with Crippen LogP contribution < -0.4 is 0 Å². The number of aromatic nitrogens is 1. The first kappa shape index (κ1) is 41.3. The maximum absolute atomic E-state index is 10.6. The van der Waals surface area contributed by atoms with E-state index in [0.29, 0.717) is 11.6 Å². The second kappa shape index (κ2) is 17.4. The van der Waals surface area contributed by atoms with Crippen LogP contribution in [0.25, 0.3) is 10.9 Å². The lowest BCUT2D eigenvalue weighted by Gasteiger charge is -2.45. The van der Waals surface area contributed by atoms with E-state index in [9.17, 15) is 39.5 Å². The molecular weight excluding hydrogens is 661 g/mol. The van der Waals surface area contributed by atoms with Crippen LogP contribution in [0.1, 0.15) is 38.3 Å². The zero-order valence-electron chi connectivity index (χ0n) is 25.1. The molecule has 47 heavy (non-hydrogen) atoms. The molecule has 2 aromatic rings. The number of carboxylic acids is 3. The second-order valence-electron chi connectivity index (χ2n) is 10.4. The summed E-state index contributed by atoms with van der Waals surface area (Å²) in [6.45, 7) is 7.10. The number of piperidine rings is 1. The topological polar surface area (TPSA) is 140 Å². The standard InChI is InChI=1S/C22H31N3O.3C2HF3O2/c1-3-26-17-20-10-11-22(24(20)2)12-14-25(15-13-22)16-19-9-8-18-6-4-5-7-21(18)23-19;3*3-2(4,5)1(6)7/h4-9,20H,3,10-17H2,1-2H3;3*(H,6,7). The minimum absolute atomic E-state index is 0.398. The third-order valence-electron chi connectivity index (χ3n) is 7.31. The van der Waals surface area contributed by atoms with Crippen molar-refractivity contribution >= 4 is 28.8 Å². The van der Waals surface area contributed by atoms with Crippen LogP contribution in [0.15, 0.2) is 36.4 Å². The first-order valence-corrected chi connectivity index (χ1v) is 13.8. The Morgan fingerprint density at radius 2 is 1.30 bits per heavy atom. The lowest BCUT2D eigenvalue weighted by Crippen LogP contribution is -2.52. The van der Waals surface area contributed by atoms with Crippen molar-refractivity contribution in [2.24, 2.45) is 0 Å². The maximum Gasteiger partial charge on any atom is 0.490 e. The summed E-state index contributed by atoms with van der Waals surface area (Å²) >= 11 is 0. The average Bonchev–Trinajstić information content (AvgIpc) is 3.26. The van der Waals surface area contributed by atoms with E-state index < -0.39 is 36.4 Å². The van der Waals surface area contributed by atoms with Gasteiger partial charge in [0.25, 0.3) is 0 Å². The molecule has 0 radical (unpaired) electrons. The van der Waals surface area contributed by atoms with Gasteiger partial charge in [-0.15, -0.1) is 0 Å². The number of aliphatic carboxylic acids is 3. The van der Waals surface area contributed by atoms with E-state index in [0.717, 1.165) is 25.3 Å². The number of likely N-dealkylation sites (tertiary alicyclic amines) is 2. The number of rotatable bonds is 5. The van der Waals surface area contributed by atoms with Crippen LogP contribution in [0.5, 0.6) is 0 Å². The van der Waals surface area contributed by atoms with Crippen molar-refractivity contribution < 1.29 is 74.0 Å². The fourth-order valence-corrected chi connectivity index (χ4v) is 4.80. The Kier molecular flexibility index (Phi) is 15.3. The van der Waals surface area contributed by atoms with Crippen molar-refractivity contribution in [1.82, 2.24) is 14.8 Å². The molecule has 1 aromatic carbocycles. The van der Waals surface area contributed by atoms with Gasteiger partial charge in [0.05, 0.1) is 17.8 Å². The summed E-state index contributed by atoms with van der Waals surface area (Å²) in [5.74, 6) is -8.27. The molecule has 266 valence electrons. The number of ether oxygens (including phenoxy) is 1. The summed E-state index contributed by atoms with van der Waals surface area (Å²) in [5, 5.41) is 22.6. The Balaban J connectivity index is 0.000000430. The number of halogens is 9. The molecular formula is C28H34F9N3O7. The highest BCUT2D eigenvalue weighted by Crippen LogP contribution is 2.40. The molecule has 3 heterocycles. The van der Waals surface area contributed by atoms with E-state index in [1.54, 1.807) is 0 Å². The Bertz CT molecular complexity index is 1260. The van der Waals surface area contributed by atoms with Gasteiger partial charge in [0.2, 0.25) is 0 Å². The van der Waals surface area contributed by atoms with E-state index in [2.05, 4.69) is 60.2 Å². The highest BCUT2D eigenvalue weighted by Gasteiger charge is 2.45. The van der Waals surface area contributed by atoms with Crippen molar-refractivity contribution in [3.63, 3.8) is 0 Å². The molecule has 1 atom stereocenters. The highest BCUT2D eigenvalue weighted by molar-refractivity contribution is 5.78. The third kappa shape index (κ3) is 13.9. The highest BCUT2D eigenvalue weighted by atomic mass is 19.4. The quantitative estimate of drug-likeness (QED) is 0.339. The predicted molar refractivity (Wildman–Crippen MR) is 147 cm³/mol. The molecule has 4 rings (SSSR count). The number of benzene rings is 1. The summed E-state index contributed by atoms with van der Waals surface area (Å²) in [5.41, 5.74) is 2.69. The number of carboxylic acid groups (broad SMARTS) is 3. The molecule has 2 fully saturated rings. The van der Waals surface area contributed by atoms with E-state index in [1.165, 1.54) is 49.9 Å². The molecule has 2 aliphatic rings. The SMILES string of the molecule is CCOCC1CCC2(CCN(Cc3ccc4ccccc4n3)CC2)N1C.O=C(O)C(F)(F)F.O=C(O)C(F)(F)F.O=C(O)C(F)(F)F. The average molecular weight is 696 g/mol. The van der Waals surface area contributed by atoms with Crippen molar-refractivity contribution in [3.05, 3.63) is 42.1 Å². The van der Waals surface area contributed by atoms with E-state index in [1.807, 2.05) is 0 Å². The number of carbonyl (C=O) groups is 3. The van der Waals surface area contributed by atoms with E-state index >= 15 is 0 Å². The lowest BCUT2D eigenvalue weighted by atomic mass is 9.85. The molecule has 1 spiro atoms. The van der Waals surface area contributed by atoms with Gasteiger partial charge in [-0.05, 0) is 51.8 Å². The number of hydrogen-bond acceptors (Lipinski definition) is 7. The van der Waals surface area contributed by atoms with Gasteiger partial charge in [-0.1, -0.05) is 24.3 Å². The molecule has 19 heteroatoms. The minimum Gasteiger partial charge on any atom is -0.475 e. The van der Waals surface area contributed by atoms with Crippen molar-refractivity contribution in [1.29, 1.82) is 0 Å². The van der Waals surface area contributed by atoms with Crippen molar-refractivity contribution in [3.8, 4) is 0 Å². The van der Waals surface area contributed by atoms with Crippen LogP contribution in [0, 0.1) is 0 Å². The molecule has 0 amide bonds. The Hall–Kier alpha value is -3.71. The predicted octanol–water partition coefficient (Wildman–Crippen LogP) is 5.60. The fourth-order valence-electron chi connectivity index (χ4n) is 4.80. The number of likely N-dealkylation sites (N-methyl/N-ethyl adjacent to an activating group) is 1. The largest absolute Gasteiger partial charge is 0.490 e. The Morgan fingerprint density at radius 3 is 1.74 bits per heavy atom. The zero-order chi connectivity index (χ0) is 36.2. The van der Waals surface area contributed by atoms with Gasteiger partial charge in [-0.2, -0.15) is 39.5 Å². The second-order valence-corrected chi connectivity index (χ2v) is 10.4. The molecule has 2 saturated heterocycles. The van der Waals surface area contributed by atoms with Gasteiger partial charge in [0, 0.05) is 43.2 Å². The summed E-state index contributed by atoms with van der Waals surface area (Å²) in [4.78, 5) is 36.7. The number of pyridine rings is 1. The van der Waals surface area contributed by atoms with Gasteiger partial charge >= 0.3 is 36.4 Å². The van der Waals surface area contributed by atoms with E-state index in [4.69, 9.17) is 39.4 Å². The van der Waals surface area contributed by atoms with Crippen LogP contribution in [0.4, 0.5) is 39.5 Å². The lowest BCUT2D eigenvalue weighted by molar-refractivity contribution is -0.193. The van der Waals surface area contributed by atoms with Gasteiger partial charge in [0.15, 0.2) is 0 Å².